The number of aliphatic hydroxyl groups excluding tert-OH is 1. The monoisotopic (exact) mass is 185 g/mol. The van der Waals surface area contributed by atoms with Gasteiger partial charge in [0, 0.05) is 0 Å². The Labute approximate surface area is 75.0 Å². The number of aromatic nitrogens is 2. The Bertz CT molecular complexity index is 297. The molecule has 0 aliphatic heterocycles. The van der Waals surface area contributed by atoms with E-state index in [0.29, 0.717) is 13.0 Å². The van der Waals surface area contributed by atoms with Crippen molar-refractivity contribution in [2.45, 2.75) is 26.0 Å². The molecule has 1 aromatic heterocycles. The lowest BCUT2D eigenvalue weighted by atomic mass is 10.3. The summed E-state index contributed by atoms with van der Waals surface area (Å²) in [5.74, 6) is -0.191. The van der Waals surface area contributed by atoms with Crippen molar-refractivity contribution in [1.29, 1.82) is 0 Å². The lowest BCUT2D eigenvalue weighted by Crippen LogP contribution is -2.13. The minimum atomic E-state index is -0.561. The van der Waals surface area contributed by atoms with Crippen molar-refractivity contribution in [2.24, 2.45) is 0 Å². The summed E-state index contributed by atoms with van der Waals surface area (Å²) < 4.78 is 1.51. The Morgan fingerprint density at radius 1 is 1.85 bits per heavy atom. The van der Waals surface area contributed by atoms with Crippen LogP contribution in [0.3, 0.4) is 0 Å². The van der Waals surface area contributed by atoms with Gasteiger partial charge in [-0.1, -0.05) is 6.92 Å². The molecule has 1 N–H and O–H groups in total. The molecule has 13 heavy (non-hydrogen) atoms. The van der Waals surface area contributed by atoms with Gasteiger partial charge in [-0.25, -0.2) is 0 Å². The summed E-state index contributed by atoms with van der Waals surface area (Å²) in [5.41, 5.74) is 0. The van der Waals surface area contributed by atoms with Crippen molar-refractivity contribution < 1.29 is 10.0 Å². The molecule has 1 unspecified atom stereocenters. The molecule has 6 heteroatoms. The van der Waals surface area contributed by atoms with Crippen LogP contribution < -0.4 is 0 Å². The molecule has 0 spiro atoms. The normalized spacial score (nSPS) is 12.8. The van der Waals surface area contributed by atoms with Crippen LogP contribution in [0, 0.1) is 10.1 Å². The van der Waals surface area contributed by atoms with Gasteiger partial charge in [0.05, 0.1) is 12.6 Å². The molecule has 0 bridgehead atoms. The zero-order chi connectivity index (χ0) is 9.84. The molecule has 1 heterocycles. The van der Waals surface area contributed by atoms with Crippen molar-refractivity contribution in [3.05, 3.63) is 22.6 Å². The molecule has 0 saturated heterocycles. The highest BCUT2D eigenvalue weighted by molar-refractivity contribution is 5.12. The third-order valence-corrected chi connectivity index (χ3v) is 1.70. The molecule has 0 radical (unpaired) electrons. The molecular weight excluding hydrogens is 174 g/mol. The molecule has 0 aromatic carbocycles. The quantitative estimate of drug-likeness (QED) is 0.549. The highest BCUT2D eigenvalue weighted by Crippen LogP contribution is 2.06. The zero-order valence-electron chi connectivity index (χ0n) is 7.25. The van der Waals surface area contributed by atoms with Gasteiger partial charge in [-0.15, -0.1) is 0 Å². The summed E-state index contributed by atoms with van der Waals surface area (Å²) in [6, 6.07) is 0. The number of hydrogen-bond donors (Lipinski definition) is 1. The predicted molar refractivity (Wildman–Crippen MR) is 45.2 cm³/mol. The molecule has 1 aromatic rings. The fourth-order valence-electron chi connectivity index (χ4n) is 0.915. The van der Waals surface area contributed by atoms with Gasteiger partial charge < -0.3 is 19.8 Å². The van der Waals surface area contributed by atoms with Crippen molar-refractivity contribution >= 4 is 5.82 Å². The first-order valence-corrected chi connectivity index (χ1v) is 3.97. The van der Waals surface area contributed by atoms with Crippen molar-refractivity contribution in [1.82, 2.24) is 9.55 Å². The summed E-state index contributed by atoms with van der Waals surface area (Å²) in [4.78, 5) is 13.2. The number of nitro groups is 1. The molecule has 0 amide bonds. The van der Waals surface area contributed by atoms with E-state index in [1.165, 1.54) is 17.1 Å². The molecular formula is C7H11N3O3. The molecule has 1 rings (SSSR count). The maximum Gasteiger partial charge on any atom is 0.381 e. The molecule has 0 aliphatic rings. The van der Waals surface area contributed by atoms with Crippen LogP contribution in [0.5, 0.6) is 0 Å². The number of imidazole rings is 1. The average Bonchev–Trinajstić information content (AvgIpc) is 2.52. The van der Waals surface area contributed by atoms with E-state index in [0.717, 1.165) is 0 Å². The van der Waals surface area contributed by atoms with E-state index in [-0.39, 0.29) is 5.82 Å². The van der Waals surface area contributed by atoms with Crippen molar-refractivity contribution in [3.8, 4) is 0 Å². The topological polar surface area (TPSA) is 81.2 Å². The van der Waals surface area contributed by atoms with Gasteiger partial charge in [-0.05, 0) is 16.3 Å². The van der Waals surface area contributed by atoms with Gasteiger partial charge in [-0.3, -0.25) is 0 Å². The summed E-state index contributed by atoms with van der Waals surface area (Å²) in [6.45, 7) is 2.19. The SMILES string of the molecule is CCC(O)Cn1cnc([N+](=O)[O-])c1. The van der Waals surface area contributed by atoms with Crippen LogP contribution in [-0.4, -0.2) is 25.7 Å². The molecule has 72 valence electrons. The first-order chi connectivity index (χ1) is 6.13. The van der Waals surface area contributed by atoms with Gasteiger partial charge in [0.1, 0.15) is 6.20 Å². The minimum Gasteiger partial charge on any atom is -0.391 e. The van der Waals surface area contributed by atoms with Gasteiger partial charge in [0.2, 0.25) is 6.33 Å². The Balaban J connectivity index is 2.64. The number of rotatable bonds is 4. The van der Waals surface area contributed by atoms with E-state index in [4.69, 9.17) is 0 Å². The standard InChI is InChI=1S/C7H11N3O3/c1-2-6(11)3-9-4-7(8-5-9)10(12)13/h4-6,11H,2-3H2,1H3. The summed E-state index contributed by atoms with van der Waals surface area (Å²) in [7, 11) is 0. The van der Waals surface area contributed by atoms with Crippen molar-refractivity contribution in [2.75, 3.05) is 0 Å². The first-order valence-electron chi connectivity index (χ1n) is 3.97. The largest absolute Gasteiger partial charge is 0.391 e. The van der Waals surface area contributed by atoms with E-state index < -0.39 is 11.0 Å². The lowest BCUT2D eigenvalue weighted by Gasteiger charge is -2.05. The Morgan fingerprint density at radius 3 is 3.00 bits per heavy atom. The first kappa shape index (κ1) is 9.66. The molecule has 6 nitrogen and oxygen atoms in total. The fourth-order valence-corrected chi connectivity index (χ4v) is 0.915. The van der Waals surface area contributed by atoms with E-state index in [9.17, 15) is 15.2 Å². The van der Waals surface area contributed by atoms with Crippen LogP contribution in [0.4, 0.5) is 5.82 Å². The molecule has 0 saturated carbocycles. The third kappa shape index (κ3) is 2.51. The third-order valence-electron chi connectivity index (χ3n) is 1.70. The second-order valence-electron chi connectivity index (χ2n) is 2.75. The van der Waals surface area contributed by atoms with Crippen LogP contribution in [0.1, 0.15) is 13.3 Å². The highest BCUT2D eigenvalue weighted by Gasteiger charge is 2.11. The fraction of sp³-hybridized carbons (Fsp3) is 0.571. The number of hydrogen-bond acceptors (Lipinski definition) is 4. The summed E-state index contributed by atoms with van der Waals surface area (Å²) in [6.07, 6.45) is 2.79. The molecule has 0 aliphatic carbocycles. The number of nitrogens with zero attached hydrogens (tertiary/aromatic N) is 3. The molecule has 0 fully saturated rings. The van der Waals surface area contributed by atoms with E-state index in [1.807, 2.05) is 6.92 Å². The lowest BCUT2D eigenvalue weighted by molar-refractivity contribution is -0.389. The Hall–Kier alpha value is -1.43. The van der Waals surface area contributed by atoms with Crippen LogP contribution in [0.2, 0.25) is 0 Å². The van der Waals surface area contributed by atoms with Crippen LogP contribution in [0.15, 0.2) is 12.5 Å². The smallest absolute Gasteiger partial charge is 0.381 e. The van der Waals surface area contributed by atoms with Gasteiger partial charge in [0.15, 0.2) is 0 Å². The maximum atomic E-state index is 10.2. The minimum absolute atomic E-state index is 0.191. The summed E-state index contributed by atoms with van der Waals surface area (Å²) >= 11 is 0. The zero-order valence-corrected chi connectivity index (χ0v) is 7.25. The van der Waals surface area contributed by atoms with Crippen molar-refractivity contribution in [3.63, 3.8) is 0 Å². The van der Waals surface area contributed by atoms with Gasteiger partial charge in [0.25, 0.3) is 0 Å². The second-order valence-corrected chi connectivity index (χ2v) is 2.75. The Kier molecular flexibility index (Phi) is 2.97. The van der Waals surface area contributed by atoms with E-state index in [1.54, 1.807) is 0 Å². The second kappa shape index (κ2) is 3.99. The average molecular weight is 185 g/mol. The van der Waals surface area contributed by atoms with Crippen LogP contribution >= 0.6 is 0 Å². The Morgan fingerprint density at radius 2 is 2.54 bits per heavy atom. The van der Waals surface area contributed by atoms with Gasteiger partial charge in [-0.2, -0.15) is 0 Å². The van der Waals surface area contributed by atoms with E-state index in [2.05, 4.69) is 4.98 Å². The predicted octanol–water partition coefficient (Wildman–Crippen LogP) is 0.562. The van der Waals surface area contributed by atoms with Crippen LogP contribution in [-0.2, 0) is 6.54 Å². The van der Waals surface area contributed by atoms with Gasteiger partial charge >= 0.3 is 5.82 Å². The molecule has 1 atom stereocenters. The van der Waals surface area contributed by atoms with E-state index >= 15 is 0 Å². The maximum absolute atomic E-state index is 10.2. The highest BCUT2D eigenvalue weighted by atomic mass is 16.6. The van der Waals surface area contributed by atoms with Crippen LogP contribution in [0.25, 0.3) is 0 Å². The summed E-state index contributed by atoms with van der Waals surface area (Å²) in [5, 5.41) is 19.5. The number of aliphatic hydroxyl groups is 1.